The molecule has 1 aliphatic rings. The summed E-state index contributed by atoms with van der Waals surface area (Å²) >= 11 is 0. The van der Waals surface area contributed by atoms with Crippen LogP contribution in [0.25, 0.3) is 10.9 Å². The second-order valence-electron chi connectivity index (χ2n) is 4.41. The Morgan fingerprint density at radius 2 is 2.11 bits per heavy atom. The third kappa shape index (κ3) is 1.58. The Hall–Kier alpha value is -1.91. The predicted molar refractivity (Wildman–Crippen MR) is 63.3 cm³/mol. The highest BCUT2D eigenvalue weighted by Gasteiger charge is 2.41. The van der Waals surface area contributed by atoms with Gasteiger partial charge in [-0.2, -0.15) is 0 Å². The van der Waals surface area contributed by atoms with Crippen LogP contribution in [0.3, 0.4) is 0 Å². The van der Waals surface area contributed by atoms with Gasteiger partial charge in [0.05, 0.1) is 18.7 Å². The van der Waals surface area contributed by atoms with Crippen LogP contribution < -0.4 is 10.3 Å². The molecule has 0 radical (unpaired) electrons. The van der Waals surface area contributed by atoms with E-state index in [0.717, 1.165) is 0 Å². The van der Waals surface area contributed by atoms with Gasteiger partial charge in [0.2, 0.25) is 0 Å². The molecule has 0 N–H and O–H groups in total. The van der Waals surface area contributed by atoms with Gasteiger partial charge in [0.1, 0.15) is 17.7 Å². The van der Waals surface area contributed by atoms with Gasteiger partial charge in [-0.15, -0.1) is 0 Å². The molecule has 1 aromatic heterocycles. The summed E-state index contributed by atoms with van der Waals surface area (Å²) in [6.45, 7) is 0. The summed E-state index contributed by atoms with van der Waals surface area (Å²) in [5, 5.41) is 0.533. The van der Waals surface area contributed by atoms with E-state index >= 15 is 0 Å². The van der Waals surface area contributed by atoms with Crippen LogP contribution in [0.2, 0.25) is 0 Å². The van der Waals surface area contributed by atoms with Crippen LogP contribution in [-0.4, -0.2) is 17.8 Å². The SMILES string of the molecule is COc1cc(F)cc2ccc(=O)n([C@@H]3C[C@@H]3F)c12. The first-order chi connectivity index (χ1) is 8.61. The number of alkyl halides is 1. The molecule has 94 valence electrons. The average molecular weight is 251 g/mol. The van der Waals surface area contributed by atoms with Crippen molar-refractivity contribution >= 4 is 10.9 Å². The van der Waals surface area contributed by atoms with Crippen molar-refractivity contribution in [2.45, 2.75) is 18.6 Å². The number of aromatic nitrogens is 1. The lowest BCUT2D eigenvalue weighted by molar-refractivity contribution is 0.410. The molecular formula is C13H11F2NO2. The minimum Gasteiger partial charge on any atom is -0.494 e. The van der Waals surface area contributed by atoms with Crippen LogP contribution in [0.5, 0.6) is 5.75 Å². The summed E-state index contributed by atoms with van der Waals surface area (Å²) in [5.74, 6) is -0.195. The molecule has 1 heterocycles. The normalized spacial score (nSPS) is 22.2. The molecule has 1 saturated carbocycles. The van der Waals surface area contributed by atoms with Crippen molar-refractivity contribution in [3.63, 3.8) is 0 Å². The van der Waals surface area contributed by atoms with Crippen molar-refractivity contribution in [3.8, 4) is 5.75 Å². The van der Waals surface area contributed by atoms with Crippen LogP contribution in [0.15, 0.2) is 29.1 Å². The van der Waals surface area contributed by atoms with Gasteiger partial charge in [0.15, 0.2) is 0 Å². The first-order valence-corrected chi connectivity index (χ1v) is 5.64. The number of hydrogen-bond donors (Lipinski definition) is 0. The number of halogens is 2. The topological polar surface area (TPSA) is 31.2 Å². The number of fused-ring (bicyclic) bond motifs is 1. The summed E-state index contributed by atoms with van der Waals surface area (Å²) in [5.41, 5.74) is 0.161. The van der Waals surface area contributed by atoms with Crippen LogP contribution >= 0.6 is 0 Å². The largest absolute Gasteiger partial charge is 0.494 e. The molecule has 0 saturated heterocycles. The fourth-order valence-corrected chi connectivity index (χ4v) is 2.23. The Bertz CT molecular complexity index is 680. The Morgan fingerprint density at radius 3 is 2.72 bits per heavy atom. The van der Waals surface area contributed by atoms with Crippen LogP contribution in [0.1, 0.15) is 12.5 Å². The van der Waals surface area contributed by atoms with Crippen molar-refractivity contribution in [2.75, 3.05) is 7.11 Å². The fraction of sp³-hybridized carbons (Fsp3) is 0.308. The van der Waals surface area contributed by atoms with Gasteiger partial charge >= 0.3 is 0 Å². The summed E-state index contributed by atoms with van der Waals surface area (Å²) < 4.78 is 33.0. The molecule has 1 aliphatic carbocycles. The van der Waals surface area contributed by atoms with Crippen molar-refractivity contribution < 1.29 is 13.5 Å². The smallest absolute Gasteiger partial charge is 0.251 e. The van der Waals surface area contributed by atoms with Crippen molar-refractivity contribution in [1.29, 1.82) is 0 Å². The minimum atomic E-state index is -1.01. The van der Waals surface area contributed by atoms with E-state index in [0.29, 0.717) is 17.3 Å². The van der Waals surface area contributed by atoms with Gasteiger partial charge in [-0.1, -0.05) is 0 Å². The zero-order chi connectivity index (χ0) is 12.9. The summed E-state index contributed by atoms with van der Waals surface area (Å²) in [7, 11) is 1.40. The van der Waals surface area contributed by atoms with E-state index in [1.54, 1.807) is 0 Å². The molecule has 1 fully saturated rings. The lowest BCUT2D eigenvalue weighted by Gasteiger charge is -2.12. The maximum Gasteiger partial charge on any atom is 0.251 e. The molecule has 5 heteroatoms. The number of methoxy groups -OCH3 is 1. The first kappa shape index (κ1) is 11.2. The zero-order valence-electron chi connectivity index (χ0n) is 9.69. The summed E-state index contributed by atoms with van der Waals surface area (Å²) in [4.78, 5) is 11.9. The van der Waals surface area contributed by atoms with Crippen molar-refractivity contribution in [1.82, 2.24) is 4.57 Å². The highest BCUT2D eigenvalue weighted by atomic mass is 19.1. The van der Waals surface area contributed by atoms with Crippen LogP contribution in [0, 0.1) is 5.82 Å². The molecule has 2 atom stereocenters. The molecule has 0 bridgehead atoms. The molecule has 0 aliphatic heterocycles. The number of hydrogen-bond acceptors (Lipinski definition) is 2. The van der Waals surface area contributed by atoms with Gasteiger partial charge in [0, 0.05) is 23.9 Å². The Kier molecular flexibility index (Phi) is 2.36. The number of rotatable bonds is 2. The molecule has 0 unspecified atom stereocenters. The minimum absolute atomic E-state index is 0.252. The standard InChI is InChI=1S/C13H11F2NO2/c1-18-11-5-8(14)4-7-2-3-12(17)16(13(7)11)10-6-9(10)15/h2-5,9-10H,6H2,1H3/t9-,10+/m0/s1. The number of nitrogens with zero attached hydrogens (tertiary/aromatic N) is 1. The molecular weight excluding hydrogens is 240 g/mol. The molecule has 3 nitrogen and oxygen atoms in total. The Labute approximate surface area is 102 Å². The average Bonchev–Trinajstić information content (AvgIpc) is 3.05. The number of benzene rings is 1. The predicted octanol–water partition coefficient (Wildman–Crippen LogP) is 2.43. The van der Waals surface area contributed by atoms with Gasteiger partial charge in [0.25, 0.3) is 5.56 Å². The zero-order valence-corrected chi connectivity index (χ0v) is 9.69. The molecule has 1 aromatic carbocycles. The molecule has 2 aromatic rings. The van der Waals surface area contributed by atoms with E-state index in [4.69, 9.17) is 4.74 Å². The second kappa shape index (κ2) is 3.80. The van der Waals surface area contributed by atoms with Gasteiger partial charge in [-0.25, -0.2) is 8.78 Å². The maximum absolute atomic E-state index is 13.4. The van der Waals surface area contributed by atoms with Crippen LogP contribution in [-0.2, 0) is 0 Å². The van der Waals surface area contributed by atoms with Gasteiger partial charge in [-0.05, 0) is 12.1 Å². The lowest BCUT2D eigenvalue weighted by Crippen LogP contribution is -2.19. The van der Waals surface area contributed by atoms with Crippen molar-refractivity contribution in [2.24, 2.45) is 0 Å². The molecule has 18 heavy (non-hydrogen) atoms. The molecule has 3 rings (SSSR count). The highest BCUT2D eigenvalue weighted by Crippen LogP contribution is 2.41. The Morgan fingerprint density at radius 1 is 1.39 bits per heavy atom. The van der Waals surface area contributed by atoms with Crippen LogP contribution in [0.4, 0.5) is 8.78 Å². The van der Waals surface area contributed by atoms with Gasteiger partial charge in [-0.3, -0.25) is 9.36 Å². The van der Waals surface area contributed by atoms with E-state index in [2.05, 4.69) is 0 Å². The maximum atomic E-state index is 13.4. The highest BCUT2D eigenvalue weighted by molar-refractivity contribution is 5.85. The quantitative estimate of drug-likeness (QED) is 0.820. The van der Waals surface area contributed by atoms with Crippen molar-refractivity contribution in [3.05, 3.63) is 40.4 Å². The van der Waals surface area contributed by atoms with E-state index in [1.807, 2.05) is 0 Å². The molecule has 0 spiro atoms. The fourth-order valence-electron chi connectivity index (χ4n) is 2.23. The molecule has 0 amide bonds. The lowest BCUT2D eigenvalue weighted by atomic mass is 10.2. The number of pyridine rings is 1. The first-order valence-electron chi connectivity index (χ1n) is 5.64. The monoisotopic (exact) mass is 251 g/mol. The summed E-state index contributed by atoms with van der Waals surface area (Å²) in [6.07, 6.45) is -0.692. The van der Waals surface area contributed by atoms with E-state index in [-0.39, 0.29) is 11.3 Å². The number of ether oxygens (including phenoxy) is 1. The second-order valence-corrected chi connectivity index (χ2v) is 4.41. The van der Waals surface area contributed by atoms with E-state index in [1.165, 1.54) is 35.9 Å². The third-order valence-electron chi connectivity index (χ3n) is 3.19. The summed E-state index contributed by atoms with van der Waals surface area (Å²) in [6, 6.07) is 4.90. The Balaban J connectivity index is 2.39. The third-order valence-corrected chi connectivity index (χ3v) is 3.19. The van der Waals surface area contributed by atoms with Gasteiger partial charge < -0.3 is 4.74 Å². The van der Waals surface area contributed by atoms with E-state index in [9.17, 15) is 13.6 Å². The van der Waals surface area contributed by atoms with E-state index < -0.39 is 18.0 Å².